The second-order valence-electron chi connectivity index (χ2n) is 7.61. The molecule has 0 atom stereocenters. The highest BCUT2D eigenvalue weighted by Gasteiger charge is 2.21. The second kappa shape index (κ2) is 9.57. The zero-order valence-corrected chi connectivity index (χ0v) is 16.8. The molecule has 1 aliphatic heterocycles. The van der Waals surface area contributed by atoms with Gasteiger partial charge in [0, 0.05) is 26.2 Å². The average Bonchev–Trinajstić information content (AvgIpc) is 2.78. The first-order chi connectivity index (χ1) is 14.3. The van der Waals surface area contributed by atoms with E-state index in [2.05, 4.69) is 47.4 Å². The summed E-state index contributed by atoms with van der Waals surface area (Å²) in [5.41, 5.74) is 1.40. The van der Waals surface area contributed by atoms with Gasteiger partial charge in [-0.1, -0.05) is 60.7 Å². The van der Waals surface area contributed by atoms with Gasteiger partial charge in [-0.25, -0.2) is 0 Å². The van der Waals surface area contributed by atoms with Gasteiger partial charge in [0.15, 0.2) is 6.61 Å². The number of piperazine rings is 1. The lowest BCUT2D eigenvalue weighted by Crippen LogP contribution is -2.50. The summed E-state index contributed by atoms with van der Waals surface area (Å²) in [5, 5.41) is 2.30. The zero-order chi connectivity index (χ0) is 19.9. The monoisotopic (exact) mass is 388 g/mol. The van der Waals surface area contributed by atoms with E-state index in [9.17, 15) is 4.79 Å². The highest BCUT2D eigenvalue weighted by Crippen LogP contribution is 2.20. The summed E-state index contributed by atoms with van der Waals surface area (Å²) in [6.07, 6.45) is 2.27. The molecule has 0 aliphatic carbocycles. The van der Waals surface area contributed by atoms with Crippen molar-refractivity contribution in [2.24, 2.45) is 0 Å². The number of amides is 1. The Morgan fingerprint density at radius 1 is 0.828 bits per heavy atom. The number of carbonyl (C=O) groups excluding carboxylic acids is 1. The number of benzene rings is 3. The lowest BCUT2D eigenvalue weighted by molar-refractivity contribution is -0.135. The van der Waals surface area contributed by atoms with Crippen molar-refractivity contribution < 1.29 is 9.53 Å². The number of aryl methyl sites for hydroxylation is 1. The van der Waals surface area contributed by atoms with Gasteiger partial charge in [0.05, 0.1) is 0 Å². The summed E-state index contributed by atoms with van der Waals surface area (Å²) in [4.78, 5) is 16.9. The molecule has 0 aromatic heterocycles. The van der Waals surface area contributed by atoms with Crippen molar-refractivity contribution >= 4 is 16.7 Å². The van der Waals surface area contributed by atoms with Crippen molar-refractivity contribution in [2.75, 3.05) is 39.3 Å². The molecule has 4 heteroatoms. The Morgan fingerprint density at radius 2 is 1.55 bits per heavy atom. The third-order valence-corrected chi connectivity index (χ3v) is 5.59. The third kappa shape index (κ3) is 5.36. The van der Waals surface area contributed by atoms with Crippen LogP contribution < -0.4 is 4.74 Å². The first-order valence-corrected chi connectivity index (χ1v) is 10.4. The molecule has 3 aromatic rings. The topological polar surface area (TPSA) is 32.8 Å². The first-order valence-electron chi connectivity index (χ1n) is 10.4. The largest absolute Gasteiger partial charge is 0.484 e. The zero-order valence-electron chi connectivity index (χ0n) is 16.8. The quantitative estimate of drug-likeness (QED) is 0.613. The van der Waals surface area contributed by atoms with Crippen molar-refractivity contribution in [1.29, 1.82) is 0 Å². The molecule has 0 spiro atoms. The van der Waals surface area contributed by atoms with Crippen LogP contribution >= 0.6 is 0 Å². The number of ether oxygens (including phenoxy) is 1. The Kier molecular flexibility index (Phi) is 6.42. The molecule has 4 rings (SSSR count). The number of hydrogen-bond donors (Lipinski definition) is 0. The predicted molar refractivity (Wildman–Crippen MR) is 117 cm³/mol. The van der Waals surface area contributed by atoms with E-state index in [1.165, 1.54) is 10.9 Å². The van der Waals surface area contributed by atoms with Crippen LogP contribution in [0, 0.1) is 0 Å². The highest BCUT2D eigenvalue weighted by atomic mass is 16.5. The normalized spacial score (nSPS) is 14.8. The van der Waals surface area contributed by atoms with Crippen molar-refractivity contribution in [2.45, 2.75) is 12.8 Å². The number of carbonyl (C=O) groups is 1. The number of nitrogens with zero attached hydrogens (tertiary/aromatic N) is 2. The molecule has 1 heterocycles. The standard InChI is InChI=1S/C25H28N2O2/c28-25(20-29-24-13-12-22-10-4-5-11-23(22)19-24)27-17-15-26(16-18-27)14-6-9-21-7-2-1-3-8-21/h1-5,7-8,10-13,19H,6,9,14-18,20H2. The summed E-state index contributed by atoms with van der Waals surface area (Å²) in [7, 11) is 0. The highest BCUT2D eigenvalue weighted by molar-refractivity contribution is 5.84. The molecule has 1 fully saturated rings. The molecule has 150 valence electrons. The minimum Gasteiger partial charge on any atom is -0.484 e. The Morgan fingerprint density at radius 3 is 2.34 bits per heavy atom. The van der Waals surface area contributed by atoms with Gasteiger partial charge in [-0.3, -0.25) is 9.69 Å². The van der Waals surface area contributed by atoms with Crippen molar-refractivity contribution in [3.63, 3.8) is 0 Å². The maximum absolute atomic E-state index is 12.5. The van der Waals surface area contributed by atoms with Gasteiger partial charge in [0.25, 0.3) is 5.91 Å². The Labute approximate surface area is 172 Å². The second-order valence-corrected chi connectivity index (χ2v) is 7.61. The predicted octanol–water partition coefficient (Wildman–Crippen LogP) is 4.00. The van der Waals surface area contributed by atoms with Gasteiger partial charge in [0.2, 0.25) is 0 Å². The summed E-state index contributed by atoms with van der Waals surface area (Å²) < 4.78 is 5.77. The Bertz CT molecular complexity index is 934. The molecule has 1 saturated heterocycles. The molecular formula is C25H28N2O2. The molecule has 0 radical (unpaired) electrons. The summed E-state index contributed by atoms with van der Waals surface area (Å²) in [6.45, 7) is 4.64. The average molecular weight is 389 g/mol. The van der Waals surface area contributed by atoms with Crippen molar-refractivity contribution in [1.82, 2.24) is 9.80 Å². The molecule has 0 bridgehead atoms. The molecule has 0 unspecified atom stereocenters. The van der Waals surface area contributed by atoms with Gasteiger partial charge in [-0.2, -0.15) is 0 Å². The van der Waals surface area contributed by atoms with Crippen LogP contribution in [0.15, 0.2) is 72.8 Å². The SMILES string of the molecule is O=C(COc1ccc2ccccc2c1)N1CCN(CCCc2ccccc2)CC1. The van der Waals surface area contributed by atoms with E-state index < -0.39 is 0 Å². The third-order valence-electron chi connectivity index (χ3n) is 5.59. The van der Waals surface area contributed by atoms with Gasteiger partial charge in [0.1, 0.15) is 5.75 Å². The van der Waals surface area contributed by atoms with Crippen LogP contribution in [0.1, 0.15) is 12.0 Å². The minimum atomic E-state index is 0.0714. The van der Waals surface area contributed by atoms with Crippen LogP contribution in [0.3, 0.4) is 0 Å². The molecule has 0 N–H and O–H groups in total. The molecule has 4 nitrogen and oxygen atoms in total. The van der Waals surface area contributed by atoms with E-state index in [1.807, 2.05) is 35.2 Å². The van der Waals surface area contributed by atoms with Gasteiger partial charge < -0.3 is 9.64 Å². The van der Waals surface area contributed by atoms with E-state index in [4.69, 9.17) is 4.74 Å². The molecule has 0 saturated carbocycles. The van der Waals surface area contributed by atoms with Crippen LogP contribution in [0.4, 0.5) is 0 Å². The number of rotatable bonds is 7. The van der Waals surface area contributed by atoms with Gasteiger partial charge in [-0.05, 0) is 47.9 Å². The maximum Gasteiger partial charge on any atom is 0.260 e. The summed E-state index contributed by atoms with van der Waals surface area (Å²) in [6, 6.07) is 24.7. The van der Waals surface area contributed by atoms with Crippen LogP contribution in [0.2, 0.25) is 0 Å². The van der Waals surface area contributed by atoms with Crippen LogP contribution in [-0.2, 0) is 11.2 Å². The first kappa shape index (κ1) is 19.5. The van der Waals surface area contributed by atoms with Gasteiger partial charge in [-0.15, -0.1) is 0 Å². The van der Waals surface area contributed by atoms with E-state index in [0.717, 1.165) is 56.7 Å². The number of hydrogen-bond acceptors (Lipinski definition) is 3. The lowest BCUT2D eigenvalue weighted by atomic mass is 10.1. The van der Waals surface area contributed by atoms with Crippen LogP contribution in [0.5, 0.6) is 5.75 Å². The van der Waals surface area contributed by atoms with Crippen LogP contribution in [0.25, 0.3) is 10.8 Å². The van der Waals surface area contributed by atoms with E-state index >= 15 is 0 Å². The fraction of sp³-hybridized carbons (Fsp3) is 0.320. The van der Waals surface area contributed by atoms with Gasteiger partial charge >= 0.3 is 0 Å². The maximum atomic E-state index is 12.5. The molecule has 1 aliphatic rings. The Balaban J connectivity index is 1.18. The smallest absolute Gasteiger partial charge is 0.260 e. The van der Waals surface area contributed by atoms with Crippen molar-refractivity contribution in [3.8, 4) is 5.75 Å². The van der Waals surface area contributed by atoms with E-state index in [0.29, 0.717) is 0 Å². The molecule has 29 heavy (non-hydrogen) atoms. The Hall–Kier alpha value is -2.85. The van der Waals surface area contributed by atoms with Crippen molar-refractivity contribution in [3.05, 3.63) is 78.4 Å². The fourth-order valence-electron chi connectivity index (χ4n) is 3.87. The minimum absolute atomic E-state index is 0.0714. The molecule has 3 aromatic carbocycles. The number of fused-ring (bicyclic) bond motifs is 1. The summed E-state index contributed by atoms with van der Waals surface area (Å²) in [5.74, 6) is 0.818. The van der Waals surface area contributed by atoms with Crippen LogP contribution in [-0.4, -0.2) is 55.0 Å². The van der Waals surface area contributed by atoms with E-state index in [-0.39, 0.29) is 12.5 Å². The molecular weight excluding hydrogens is 360 g/mol. The lowest BCUT2D eigenvalue weighted by Gasteiger charge is -2.34. The van der Waals surface area contributed by atoms with E-state index in [1.54, 1.807) is 0 Å². The fourth-order valence-corrected chi connectivity index (χ4v) is 3.87. The summed E-state index contributed by atoms with van der Waals surface area (Å²) >= 11 is 0. The molecule has 1 amide bonds.